The fourth-order valence-corrected chi connectivity index (χ4v) is 2.30. The number of hydrogen-bond donors (Lipinski definition) is 2. The van der Waals surface area contributed by atoms with E-state index in [0.29, 0.717) is 6.54 Å². The zero-order valence-electron chi connectivity index (χ0n) is 16.0. The van der Waals surface area contributed by atoms with Crippen LogP contribution in [0.15, 0.2) is 24.5 Å². The third kappa shape index (κ3) is 8.52. The molecule has 2 unspecified atom stereocenters. The summed E-state index contributed by atoms with van der Waals surface area (Å²) in [5.74, 6) is -0.155. The van der Waals surface area contributed by atoms with Crippen LogP contribution in [0.3, 0.4) is 0 Å². The van der Waals surface area contributed by atoms with Gasteiger partial charge in [-0.25, -0.2) is 4.79 Å². The molecular formula is C19H31N3O3. The van der Waals surface area contributed by atoms with Crippen LogP contribution in [0.25, 0.3) is 0 Å². The summed E-state index contributed by atoms with van der Waals surface area (Å²) in [6.07, 6.45) is 5.45. The highest BCUT2D eigenvalue weighted by molar-refractivity contribution is 5.85. The van der Waals surface area contributed by atoms with E-state index in [1.807, 2.05) is 32.2 Å². The summed E-state index contributed by atoms with van der Waals surface area (Å²) in [7, 11) is 0. The largest absolute Gasteiger partial charge is 0.444 e. The quantitative estimate of drug-likeness (QED) is 0.707. The van der Waals surface area contributed by atoms with Gasteiger partial charge in [-0.3, -0.25) is 9.78 Å². The highest BCUT2D eigenvalue weighted by Gasteiger charge is 2.27. The summed E-state index contributed by atoms with van der Waals surface area (Å²) in [6.45, 7) is 9.87. The van der Waals surface area contributed by atoms with Crippen molar-refractivity contribution in [2.75, 3.05) is 6.54 Å². The molecule has 0 saturated carbocycles. The number of aryl methyl sites for hydroxylation is 1. The van der Waals surface area contributed by atoms with Gasteiger partial charge in [-0.2, -0.15) is 0 Å². The molecule has 0 spiro atoms. The molecule has 0 fully saturated rings. The van der Waals surface area contributed by atoms with Gasteiger partial charge >= 0.3 is 6.09 Å². The van der Waals surface area contributed by atoms with E-state index in [9.17, 15) is 9.59 Å². The molecule has 0 saturated heterocycles. The lowest BCUT2D eigenvalue weighted by Gasteiger charge is -2.26. The molecule has 140 valence electrons. The number of hydrogen-bond acceptors (Lipinski definition) is 4. The van der Waals surface area contributed by atoms with Crippen LogP contribution in [-0.2, 0) is 16.0 Å². The van der Waals surface area contributed by atoms with E-state index in [4.69, 9.17) is 4.74 Å². The van der Waals surface area contributed by atoms with Gasteiger partial charge in [0.1, 0.15) is 11.6 Å². The Hall–Kier alpha value is -2.11. The fraction of sp³-hybridized carbons (Fsp3) is 0.632. The molecule has 2 atom stereocenters. The van der Waals surface area contributed by atoms with E-state index in [0.717, 1.165) is 24.8 Å². The lowest BCUT2D eigenvalue weighted by Crippen LogP contribution is -2.51. The standard InChI is InChI=1S/C19H31N3O3/c1-6-14(2)16(22-18(24)25-19(3,4)5)17(23)21-12-8-10-15-9-7-11-20-13-15/h7,9,11,13-14,16H,6,8,10,12H2,1-5H3,(H,21,23)(H,22,24). The van der Waals surface area contributed by atoms with Gasteiger partial charge in [0.2, 0.25) is 5.91 Å². The number of nitrogens with zero attached hydrogens (tertiary/aromatic N) is 1. The Morgan fingerprint density at radius 2 is 2.04 bits per heavy atom. The number of aromatic nitrogens is 1. The highest BCUT2D eigenvalue weighted by Crippen LogP contribution is 2.11. The number of pyridine rings is 1. The van der Waals surface area contributed by atoms with E-state index < -0.39 is 17.7 Å². The van der Waals surface area contributed by atoms with Crippen molar-refractivity contribution in [1.82, 2.24) is 15.6 Å². The summed E-state index contributed by atoms with van der Waals surface area (Å²) in [5, 5.41) is 5.61. The lowest BCUT2D eigenvalue weighted by atomic mass is 9.98. The van der Waals surface area contributed by atoms with E-state index in [-0.39, 0.29) is 11.8 Å². The molecule has 0 aliphatic rings. The number of ether oxygens (including phenoxy) is 1. The van der Waals surface area contributed by atoms with Crippen LogP contribution in [0.2, 0.25) is 0 Å². The minimum Gasteiger partial charge on any atom is -0.444 e. The van der Waals surface area contributed by atoms with Gasteiger partial charge in [-0.05, 0) is 51.2 Å². The van der Waals surface area contributed by atoms with Crippen LogP contribution in [0.5, 0.6) is 0 Å². The molecule has 6 heteroatoms. The van der Waals surface area contributed by atoms with Crippen LogP contribution in [0.1, 0.15) is 53.0 Å². The monoisotopic (exact) mass is 349 g/mol. The Balaban J connectivity index is 2.48. The SMILES string of the molecule is CCC(C)C(NC(=O)OC(C)(C)C)C(=O)NCCCc1cccnc1. The van der Waals surface area contributed by atoms with Crippen LogP contribution in [-0.4, -0.2) is 35.2 Å². The molecule has 1 heterocycles. The third-order valence-electron chi connectivity index (χ3n) is 3.83. The van der Waals surface area contributed by atoms with E-state index in [1.165, 1.54) is 0 Å². The predicted molar refractivity (Wildman–Crippen MR) is 98.2 cm³/mol. The number of rotatable bonds is 8. The minimum absolute atomic E-state index is 0.0193. The van der Waals surface area contributed by atoms with Crippen molar-refractivity contribution < 1.29 is 14.3 Å². The zero-order chi connectivity index (χ0) is 18.9. The third-order valence-corrected chi connectivity index (χ3v) is 3.83. The molecule has 1 aromatic rings. The first-order valence-corrected chi connectivity index (χ1v) is 8.89. The second kappa shape index (κ2) is 10.0. The van der Waals surface area contributed by atoms with Crippen LogP contribution in [0.4, 0.5) is 4.79 Å². The molecule has 0 bridgehead atoms. The molecule has 1 aromatic heterocycles. The van der Waals surface area contributed by atoms with Crippen molar-refractivity contribution in [3.63, 3.8) is 0 Å². The van der Waals surface area contributed by atoms with Crippen molar-refractivity contribution in [1.29, 1.82) is 0 Å². The molecule has 0 aliphatic carbocycles. The summed E-state index contributed by atoms with van der Waals surface area (Å²) in [5.41, 5.74) is 0.548. The van der Waals surface area contributed by atoms with E-state index >= 15 is 0 Å². The Bertz CT molecular complexity index is 541. The molecule has 2 N–H and O–H groups in total. The van der Waals surface area contributed by atoms with Gasteiger partial charge in [0.05, 0.1) is 0 Å². The molecule has 1 rings (SSSR count). The Morgan fingerprint density at radius 3 is 2.60 bits per heavy atom. The van der Waals surface area contributed by atoms with Gasteiger partial charge < -0.3 is 15.4 Å². The zero-order valence-corrected chi connectivity index (χ0v) is 16.0. The highest BCUT2D eigenvalue weighted by atomic mass is 16.6. The second-order valence-corrected chi connectivity index (χ2v) is 7.27. The molecule has 0 aromatic carbocycles. The average Bonchev–Trinajstić information content (AvgIpc) is 2.55. The molecule has 0 radical (unpaired) electrons. The number of amides is 2. The Kier molecular flexibility index (Phi) is 8.38. The number of alkyl carbamates (subject to hydrolysis) is 1. The number of carbonyl (C=O) groups excluding carboxylic acids is 2. The van der Waals surface area contributed by atoms with Crippen molar-refractivity contribution in [3.8, 4) is 0 Å². The fourth-order valence-electron chi connectivity index (χ4n) is 2.30. The van der Waals surface area contributed by atoms with Crippen molar-refractivity contribution in [2.24, 2.45) is 5.92 Å². The first kappa shape index (κ1) is 20.9. The van der Waals surface area contributed by atoms with Gasteiger partial charge in [-0.1, -0.05) is 26.3 Å². The van der Waals surface area contributed by atoms with Gasteiger partial charge in [0, 0.05) is 18.9 Å². The summed E-state index contributed by atoms with van der Waals surface area (Å²) >= 11 is 0. The maximum atomic E-state index is 12.5. The number of nitrogens with one attached hydrogen (secondary N) is 2. The Morgan fingerprint density at radius 1 is 1.32 bits per heavy atom. The minimum atomic E-state index is -0.599. The first-order valence-electron chi connectivity index (χ1n) is 8.89. The second-order valence-electron chi connectivity index (χ2n) is 7.27. The lowest BCUT2D eigenvalue weighted by molar-refractivity contribution is -0.124. The molecule has 25 heavy (non-hydrogen) atoms. The summed E-state index contributed by atoms with van der Waals surface area (Å²) in [4.78, 5) is 28.5. The van der Waals surface area contributed by atoms with Crippen molar-refractivity contribution in [3.05, 3.63) is 30.1 Å². The van der Waals surface area contributed by atoms with E-state index in [1.54, 1.807) is 27.0 Å². The predicted octanol–water partition coefficient (Wildman–Crippen LogP) is 3.07. The molecule has 2 amide bonds. The Labute approximate surface area is 150 Å². The van der Waals surface area contributed by atoms with Crippen LogP contribution in [0, 0.1) is 5.92 Å². The summed E-state index contributed by atoms with van der Waals surface area (Å²) < 4.78 is 5.26. The van der Waals surface area contributed by atoms with Crippen molar-refractivity contribution in [2.45, 2.75) is 65.5 Å². The van der Waals surface area contributed by atoms with E-state index in [2.05, 4.69) is 15.6 Å². The van der Waals surface area contributed by atoms with Crippen molar-refractivity contribution >= 4 is 12.0 Å². The topological polar surface area (TPSA) is 80.3 Å². The number of carbonyl (C=O) groups is 2. The average molecular weight is 349 g/mol. The van der Waals surface area contributed by atoms with Crippen LogP contribution < -0.4 is 10.6 Å². The molecule has 0 aliphatic heterocycles. The normalized spacial score (nSPS) is 13.6. The van der Waals surface area contributed by atoms with Gasteiger partial charge in [0.25, 0.3) is 0 Å². The molecular weight excluding hydrogens is 318 g/mol. The molecule has 6 nitrogen and oxygen atoms in total. The maximum Gasteiger partial charge on any atom is 0.408 e. The van der Waals surface area contributed by atoms with Crippen LogP contribution >= 0.6 is 0 Å². The van der Waals surface area contributed by atoms with Gasteiger partial charge in [-0.15, -0.1) is 0 Å². The smallest absolute Gasteiger partial charge is 0.408 e. The first-order chi connectivity index (χ1) is 11.7. The summed E-state index contributed by atoms with van der Waals surface area (Å²) in [6, 6.07) is 3.32. The maximum absolute atomic E-state index is 12.5. The van der Waals surface area contributed by atoms with Gasteiger partial charge in [0.15, 0.2) is 0 Å².